The van der Waals surface area contributed by atoms with E-state index in [0.717, 1.165) is 37.0 Å². The lowest BCUT2D eigenvalue weighted by atomic mass is 9.94. The first-order valence-electron chi connectivity index (χ1n) is 7.03. The normalized spacial score (nSPS) is 18.9. The highest BCUT2D eigenvalue weighted by Crippen LogP contribution is 2.27. The van der Waals surface area contributed by atoms with Crippen molar-refractivity contribution in [2.45, 2.75) is 18.8 Å². The summed E-state index contributed by atoms with van der Waals surface area (Å²) in [5.74, 6) is 2.19. The molecule has 1 aliphatic heterocycles. The van der Waals surface area contributed by atoms with Gasteiger partial charge in [0.25, 0.3) is 0 Å². The Balaban J connectivity index is 1.78. The molecule has 104 valence electrons. The summed E-state index contributed by atoms with van der Waals surface area (Å²) in [6.45, 7) is 1.95. The molecule has 0 aliphatic carbocycles. The number of nitrogens with zero attached hydrogens (tertiary/aromatic N) is 4. The maximum Gasteiger partial charge on any atom is 0.225 e. The number of pyridine rings is 1. The van der Waals surface area contributed by atoms with Crippen molar-refractivity contribution >= 4 is 11.8 Å². The molecule has 1 N–H and O–H groups in total. The fourth-order valence-corrected chi connectivity index (χ4v) is 2.67. The summed E-state index contributed by atoms with van der Waals surface area (Å²) in [6.07, 6.45) is 5.91. The van der Waals surface area contributed by atoms with Gasteiger partial charge in [0.15, 0.2) is 0 Å². The van der Waals surface area contributed by atoms with Gasteiger partial charge in [-0.1, -0.05) is 6.07 Å². The average molecular weight is 269 g/mol. The predicted molar refractivity (Wildman–Crippen MR) is 80.0 cm³/mol. The fourth-order valence-electron chi connectivity index (χ4n) is 2.67. The van der Waals surface area contributed by atoms with Crippen molar-refractivity contribution in [3.63, 3.8) is 0 Å². The summed E-state index contributed by atoms with van der Waals surface area (Å²) in [6, 6.07) is 8.01. The Kier molecular flexibility index (Phi) is 3.76. The maximum atomic E-state index is 4.66. The zero-order valence-electron chi connectivity index (χ0n) is 11.7. The number of piperidine rings is 1. The molecule has 20 heavy (non-hydrogen) atoms. The minimum Gasteiger partial charge on any atom is -0.373 e. The molecular formula is C15H19N5. The van der Waals surface area contributed by atoms with Crippen molar-refractivity contribution in [1.82, 2.24) is 15.0 Å². The molecule has 0 radical (unpaired) electrons. The average Bonchev–Trinajstić information content (AvgIpc) is 2.56. The standard InChI is InChI=1S/C15H19N5/c1-16-14-7-2-6-13(19-14)12-5-3-10-20(11-12)15-17-8-4-9-18-15/h2,4,6-9,12H,3,5,10-11H2,1H3,(H,16,19)/t12-/m0/s1. The molecule has 0 amide bonds. The summed E-state index contributed by atoms with van der Waals surface area (Å²) in [5.41, 5.74) is 1.15. The molecule has 3 rings (SSSR count). The predicted octanol–water partition coefficient (Wildman–Crippen LogP) is 2.30. The van der Waals surface area contributed by atoms with E-state index in [1.54, 1.807) is 12.4 Å². The minimum atomic E-state index is 0.445. The summed E-state index contributed by atoms with van der Waals surface area (Å²) in [7, 11) is 1.90. The van der Waals surface area contributed by atoms with Gasteiger partial charge >= 0.3 is 0 Å². The van der Waals surface area contributed by atoms with Crippen LogP contribution in [-0.2, 0) is 0 Å². The van der Waals surface area contributed by atoms with Crippen molar-refractivity contribution in [3.05, 3.63) is 42.4 Å². The van der Waals surface area contributed by atoms with Crippen LogP contribution in [0.4, 0.5) is 11.8 Å². The Bertz CT molecular complexity index is 557. The first-order chi connectivity index (χ1) is 9.86. The molecule has 0 bridgehead atoms. The van der Waals surface area contributed by atoms with Crippen molar-refractivity contribution < 1.29 is 0 Å². The molecule has 5 heteroatoms. The molecule has 0 unspecified atom stereocenters. The van der Waals surface area contributed by atoms with Gasteiger partial charge < -0.3 is 10.2 Å². The Morgan fingerprint density at radius 2 is 2.05 bits per heavy atom. The lowest BCUT2D eigenvalue weighted by Crippen LogP contribution is -2.35. The first kappa shape index (κ1) is 12.8. The van der Waals surface area contributed by atoms with E-state index < -0.39 is 0 Å². The van der Waals surface area contributed by atoms with Crippen LogP contribution in [0.5, 0.6) is 0 Å². The summed E-state index contributed by atoms with van der Waals surface area (Å²) in [4.78, 5) is 15.6. The van der Waals surface area contributed by atoms with Crippen LogP contribution in [0.3, 0.4) is 0 Å². The van der Waals surface area contributed by atoms with Crippen LogP contribution in [0.1, 0.15) is 24.5 Å². The van der Waals surface area contributed by atoms with Gasteiger partial charge in [0, 0.05) is 44.1 Å². The third kappa shape index (κ3) is 2.71. The quantitative estimate of drug-likeness (QED) is 0.926. The molecule has 0 spiro atoms. The monoisotopic (exact) mass is 269 g/mol. The topological polar surface area (TPSA) is 53.9 Å². The van der Waals surface area contributed by atoms with Gasteiger partial charge in [-0.05, 0) is 31.0 Å². The van der Waals surface area contributed by atoms with E-state index in [9.17, 15) is 0 Å². The zero-order valence-corrected chi connectivity index (χ0v) is 11.7. The molecule has 1 atom stereocenters. The van der Waals surface area contributed by atoms with E-state index >= 15 is 0 Å². The van der Waals surface area contributed by atoms with Gasteiger partial charge in [-0.2, -0.15) is 0 Å². The van der Waals surface area contributed by atoms with Crippen LogP contribution < -0.4 is 10.2 Å². The third-order valence-corrected chi connectivity index (χ3v) is 3.70. The second-order valence-corrected chi connectivity index (χ2v) is 5.03. The second-order valence-electron chi connectivity index (χ2n) is 5.03. The molecule has 3 heterocycles. The minimum absolute atomic E-state index is 0.445. The van der Waals surface area contributed by atoms with E-state index in [1.807, 2.05) is 19.2 Å². The maximum absolute atomic E-state index is 4.66. The Hall–Kier alpha value is -2.17. The van der Waals surface area contributed by atoms with E-state index in [1.165, 1.54) is 6.42 Å². The van der Waals surface area contributed by atoms with E-state index in [4.69, 9.17) is 0 Å². The molecule has 0 saturated carbocycles. The first-order valence-corrected chi connectivity index (χ1v) is 7.03. The van der Waals surface area contributed by atoms with E-state index in [-0.39, 0.29) is 0 Å². The van der Waals surface area contributed by atoms with E-state index in [2.05, 4.69) is 37.3 Å². The summed E-state index contributed by atoms with van der Waals surface area (Å²) >= 11 is 0. The molecule has 0 aromatic carbocycles. The largest absolute Gasteiger partial charge is 0.373 e. The Labute approximate surface area is 119 Å². The highest BCUT2D eigenvalue weighted by molar-refractivity contribution is 5.37. The molecule has 1 aliphatic rings. The van der Waals surface area contributed by atoms with Gasteiger partial charge in [0.1, 0.15) is 5.82 Å². The van der Waals surface area contributed by atoms with Gasteiger partial charge in [-0.15, -0.1) is 0 Å². The Morgan fingerprint density at radius 1 is 1.20 bits per heavy atom. The summed E-state index contributed by atoms with van der Waals surface area (Å²) < 4.78 is 0. The van der Waals surface area contributed by atoms with Crippen molar-refractivity contribution in [3.8, 4) is 0 Å². The third-order valence-electron chi connectivity index (χ3n) is 3.70. The summed E-state index contributed by atoms with van der Waals surface area (Å²) in [5, 5.41) is 3.10. The van der Waals surface area contributed by atoms with Gasteiger partial charge in [-0.3, -0.25) is 0 Å². The number of hydrogen-bond donors (Lipinski definition) is 1. The smallest absolute Gasteiger partial charge is 0.225 e. The lowest BCUT2D eigenvalue weighted by molar-refractivity contribution is 0.495. The second kappa shape index (κ2) is 5.86. The molecule has 2 aromatic rings. The molecule has 2 aromatic heterocycles. The molecule has 1 fully saturated rings. The number of aromatic nitrogens is 3. The van der Waals surface area contributed by atoms with E-state index in [0.29, 0.717) is 5.92 Å². The Morgan fingerprint density at radius 3 is 2.85 bits per heavy atom. The lowest BCUT2D eigenvalue weighted by Gasteiger charge is -2.32. The van der Waals surface area contributed by atoms with Crippen LogP contribution in [-0.4, -0.2) is 35.1 Å². The molecular weight excluding hydrogens is 250 g/mol. The van der Waals surface area contributed by atoms with Crippen molar-refractivity contribution in [2.75, 3.05) is 30.4 Å². The van der Waals surface area contributed by atoms with Crippen molar-refractivity contribution in [2.24, 2.45) is 0 Å². The number of rotatable bonds is 3. The molecule has 1 saturated heterocycles. The van der Waals surface area contributed by atoms with Crippen LogP contribution >= 0.6 is 0 Å². The van der Waals surface area contributed by atoms with Crippen LogP contribution in [0, 0.1) is 0 Å². The van der Waals surface area contributed by atoms with Gasteiger partial charge in [-0.25, -0.2) is 15.0 Å². The number of nitrogens with one attached hydrogen (secondary N) is 1. The zero-order chi connectivity index (χ0) is 13.8. The SMILES string of the molecule is CNc1cccc([C@H]2CCCN(c3ncccn3)C2)n1. The van der Waals surface area contributed by atoms with Crippen LogP contribution in [0.25, 0.3) is 0 Å². The van der Waals surface area contributed by atoms with Crippen molar-refractivity contribution in [1.29, 1.82) is 0 Å². The highest BCUT2D eigenvalue weighted by atomic mass is 15.2. The highest BCUT2D eigenvalue weighted by Gasteiger charge is 2.23. The number of anilines is 2. The fraction of sp³-hybridized carbons (Fsp3) is 0.400. The van der Waals surface area contributed by atoms with Gasteiger partial charge in [0.05, 0.1) is 0 Å². The van der Waals surface area contributed by atoms with Crippen LogP contribution in [0.15, 0.2) is 36.7 Å². The van der Waals surface area contributed by atoms with Gasteiger partial charge in [0.2, 0.25) is 5.95 Å². The van der Waals surface area contributed by atoms with Crippen LogP contribution in [0.2, 0.25) is 0 Å². The number of hydrogen-bond acceptors (Lipinski definition) is 5. The molecule has 5 nitrogen and oxygen atoms in total.